The number of hydrogen-bond donors (Lipinski definition) is 0. The Hall–Kier alpha value is -1.31. The van der Waals surface area contributed by atoms with Crippen LogP contribution in [0.5, 0.6) is 0 Å². The molecule has 3 rings (SSSR count). The van der Waals surface area contributed by atoms with Crippen molar-refractivity contribution in [1.29, 1.82) is 0 Å². The third kappa shape index (κ3) is 3.59. The number of ether oxygens (including phenoxy) is 1. The van der Waals surface area contributed by atoms with E-state index in [0.29, 0.717) is 6.42 Å². The van der Waals surface area contributed by atoms with Crippen LogP contribution in [0.25, 0.3) is 0 Å². The molecule has 0 amide bonds. The molecule has 0 spiro atoms. The molecule has 3 heteroatoms. The van der Waals surface area contributed by atoms with Crippen molar-refractivity contribution in [2.24, 2.45) is 0 Å². The fourth-order valence-electron chi connectivity index (χ4n) is 1.94. The summed E-state index contributed by atoms with van der Waals surface area (Å²) in [6, 6.07) is 17.9. The van der Waals surface area contributed by atoms with Crippen molar-refractivity contribution >= 4 is 5.97 Å². The molecule has 1 aliphatic heterocycles. The molecule has 0 radical (unpaired) electrons. The molecule has 1 aliphatic rings. The standard InChI is InChI=1S/C10H11O2.C5H5.Fe/c1-10(7-6-9(11)12-10)8-4-2-3-5-8;1-2-4-5-3-1;/h2-5H,6-7H2,1H3;1-5H;/q2*-1;+2. The van der Waals surface area contributed by atoms with Crippen LogP contribution in [-0.2, 0) is 32.2 Å². The Balaban J connectivity index is 0.000000230. The smallest absolute Gasteiger partial charge is 0.467 e. The number of esters is 1. The van der Waals surface area contributed by atoms with Crippen molar-refractivity contribution in [2.45, 2.75) is 25.4 Å². The van der Waals surface area contributed by atoms with Gasteiger partial charge in [0, 0.05) is 6.42 Å². The van der Waals surface area contributed by atoms with E-state index in [9.17, 15) is 4.79 Å². The zero-order chi connectivity index (χ0) is 12.1. The first-order valence-electron chi connectivity index (χ1n) is 5.81. The molecule has 0 bridgehead atoms. The number of carbonyl (C=O) groups is 1. The summed E-state index contributed by atoms with van der Waals surface area (Å²) in [5, 5.41) is 0. The van der Waals surface area contributed by atoms with Crippen LogP contribution in [0.3, 0.4) is 0 Å². The van der Waals surface area contributed by atoms with E-state index in [1.807, 2.05) is 61.5 Å². The van der Waals surface area contributed by atoms with E-state index in [-0.39, 0.29) is 28.6 Å². The van der Waals surface area contributed by atoms with Crippen LogP contribution in [0, 0.1) is 0 Å². The predicted molar refractivity (Wildman–Crippen MR) is 66.7 cm³/mol. The van der Waals surface area contributed by atoms with Crippen molar-refractivity contribution in [1.82, 2.24) is 0 Å². The van der Waals surface area contributed by atoms with E-state index in [1.165, 1.54) is 0 Å². The fourth-order valence-corrected chi connectivity index (χ4v) is 1.94. The summed E-state index contributed by atoms with van der Waals surface area (Å²) in [5.41, 5.74) is 0.744. The van der Waals surface area contributed by atoms with Crippen LogP contribution in [0.1, 0.15) is 25.3 Å². The minimum Gasteiger partial charge on any atom is -0.467 e. The molecular formula is C15H16FeO2. The Morgan fingerprint density at radius 2 is 1.83 bits per heavy atom. The van der Waals surface area contributed by atoms with Crippen LogP contribution in [0.4, 0.5) is 0 Å². The van der Waals surface area contributed by atoms with Crippen LogP contribution in [0.15, 0.2) is 54.6 Å². The number of carbonyl (C=O) groups excluding carboxylic acids is 1. The molecule has 2 aromatic carbocycles. The summed E-state index contributed by atoms with van der Waals surface area (Å²) in [4.78, 5) is 10.9. The van der Waals surface area contributed by atoms with Gasteiger partial charge in [0.2, 0.25) is 0 Å². The average Bonchev–Trinajstić information content (AvgIpc) is 2.99. The third-order valence-electron chi connectivity index (χ3n) is 2.97. The molecule has 1 unspecified atom stereocenters. The van der Waals surface area contributed by atoms with Crippen LogP contribution in [-0.4, -0.2) is 5.97 Å². The molecule has 2 nitrogen and oxygen atoms in total. The Bertz CT molecular complexity index is 428. The number of cyclic esters (lactones) is 1. The molecule has 0 aliphatic carbocycles. The molecule has 96 valence electrons. The first-order valence-corrected chi connectivity index (χ1v) is 5.81. The SMILES string of the molecule is CC1([c-]2cccc2)CCC(=O)O1.[Fe+2].c1cc[cH-]c1. The van der Waals surface area contributed by atoms with Crippen molar-refractivity contribution in [3.05, 3.63) is 60.2 Å². The van der Waals surface area contributed by atoms with E-state index in [1.54, 1.807) is 0 Å². The molecule has 0 N–H and O–H groups in total. The monoisotopic (exact) mass is 284 g/mol. The Kier molecular flexibility index (Phi) is 5.39. The molecule has 1 saturated heterocycles. The second-order valence-corrected chi connectivity index (χ2v) is 4.34. The van der Waals surface area contributed by atoms with Gasteiger partial charge in [-0.25, -0.2) is 24.3 Å². The topological polar surface area (TPSA) is 26.3 Å². The van der Waals surface area contributed by atoms with E-state index in [4.69, 9.17) is 4.74 Å². The van der Waals surface area contributed by atoms with Gasteiger partial charge in [-0.15, -0.1) is 5.56 Å². The van der Waals surface area contributed by atoms with Gasteiger partial charge < -0.3 is 4.74 Å². The summed E-state index contributed by atoms with van der Waals surface area (Å²) < 4.78 is 5.25. The van der Waals surface area contributed by atoms with E-state index < -0.39 is 0 Å². The molecule has 1 heterocycles. The average molecular weight is 284 g/mol. The molecule has 18 heavy (non-hydrogen) atoms. The second kappa shape index (κ2) is 6.58. The maximum atomic E-state index is 10.9. The minimum atomic E-state index is -0.361. The molecule has 0 saturated carbocycles. The first kappa shape index (κ1) is 14.7. The molecule has 2 aromatic rings. The predicted octanol–water partition coefficient (Wildman–Crippen LogP) is 3.36. The van der Waals surface area contributed by atoms with E-state index in [0.717, 1.165) is 12.0 Å². The number of rotatable bonds is 1. The van der Waals surface area contributed by atoms with Gasteiger partial charge in [0.15, 0.2) is 0 Å². The van der Waals surface area contributed by atoms with Gasteiger partial charge in [-0.05, 0) is 13.3 Å². The van der Waals surface area contributed by atoms with Crippen LogP contribution >= 0.6 is 0 Å². The molecule has 1 atom stereocenters. The maximum absolute atomic E-state index is 10.9. The van der Waals surface area contributed by atoms with E-state index >= 15 is 0 Å². The summed E-state index contributed by atoms with van der Waals surface area (Å²) in [6.07, 6.45) is 1.34. The largest absolute Gasteiger partial charge is 2.00 e. The van der Waals surface area contributed by atoms with Crippen LogP contribution < -0.4 is 0 Å². The van der Waals surface area contributed by atoms with Crippen molar-refractivity contribution in [3.8, 4) is 0 Å². The van der Waals surface area contributed by atoms with Gasteiger partial charge in [0.05, 0.1) is 5.60 Å². The zero-order valence-electron chi connectivity index (χ0n) is 10.3. The maximum Gasteiger partial charge on any atom is 2.00 e. The molecule has 1 fully saturated rings. The normalized spacial score (nSPS) is 21.5. The zero-order valence-corrected chi connectivity index (χ0v) is 11.4. The fraction of sp³-hybridized carbons (Fsp3) is 0.267. The summed E-state index contributed by atoms with van der Waals surface area (Å²) in [5.74, 6) is -0.0845. The van der Waals surface area contributed by atoms with Crippen molar-refractivity contribution in [3.63, 3.8) is 0 Å². The van der Waals surface area contributed by atoms with Crippen molar-refractivity contribution < 1.29 is 26.6 Å². The van der Waals surface area contributed by atoms with Crippen molar-refractivity contribution in [2.75, 3.05) is 0 Å². The summed E-state index contributed by atoms with van der Waals surface area (Å²) >= 11 is 0. The van der Waals surface area contributed by atoms with Gasteiger partial charge in [-0.3, -0.25) is 4.79 Å². The van der Waals surface area contributed by atoms with Gasteiger partial charge in [0.1, 0.15) is 0 Å². The van der Waals surface area contributed by atoms with Crippen LogP contribution in [0.2, 0.25) is 0 Å². The first-order chi connectivity index (χ1) is 8.21. The van der Waals surface area contributed by atoms with Gasteiger partial charge in [-0.1, -0.05) is 0 Å². The Labute approximate surface area is 118 Å². The Morgan fingerprint density at radius 1 is 1.22 bits per heavy atom. The molecule has 0 aromatic heterocycles. The Morgan fingerprint density at radius 3 is 2.22 bits per heavy atom. The summed E-state index contributed by atoms with van der Waals surface area (Å²) in [7, 11) is 0. The quantitative estimate of drug-likeness (QED) is 0.456. The van der Waals surface area contributed by atoms with Gasteiger partial charge >= 0.3 is 23.0 Å². The van der Waals surface area contributed by atoms with Gasteiger partial charge in [-0.2, -0.15) is 30.3 Å². The van der Waals surface area contributed by atoms with E-state index in [2.05, 4.69) is 0 Å². The molecular weight excluding hydrogens is 268 g/mol. The minimum absolute atomic E-state index is 0. The second-order valence-electron chi connectivity index (χ2n) is 4.34. The van der Waals surface area contributed by atoms with Gasteiger partial charge in [0.25, 0.3) is 0 Å². The number of hydrogen-bond acceptors (Lipinski definition) is 2. The third-order valence-corrected chi connectivity index (χ3v) is 2.97. The summed E-state index contributed by atoms with van der Waals surface area (Å²) in [6.45, 7) is 1.97.